The number of nitrogens with zero attached hydrogens (tertiary/aromatic N) is 6. The fourth-order valence-electron chi connectivity index (χ4n) is 6.29. The Morgan fingerprint density at radius 1 is 1.11 bits per heavy atom. The van der Waals surface area contributed by atoms with E-state index >= 15 is 0 Å². The number of aromatic hydroxyl groups is 1. The Kier molecular flexibility index (Phi) is 10.0. The first kappa shape index (κ1) is 32.4. The van der Waals surface area contributed by atoms with Crippen LogP contribution in [0.5, 0.6) is 5.75 Å². The summed E-state index contributed by atoms with van der Waals surface area (Å²) in [6, 6.07) is 8.20. The highest BCUT2D eigenvalue weighted by Gasteiger charge is 2.37. The molecule has 4 heterocycles. The molecule has 242 valence electrons. The molecular formula is C33H46N8O4. The molecule has 2 aliphatic heterocycles. The Bertz CT molecular complexity index is 1490. The van der Waals surface area contributed by atoms with Crippen molar-refractivity contribution in [3.63, 3.8) is 0 Å². The Labute approximate surface area is 264 Å². The zero-order chi connectivity index (χ0) is 32.1. The number of nitrogens with two attached hydrogens (primary N) is 1. The predicted molar refractivity (Wildman–Crippen MR) is 172 cm³/mol. The molecule has 0 spiro atoms. The standard InChI is InChI=1S/C33H46N8O4/c1-33(2,3)30(32(45)40-15-12-24(42)21-40)36-29(44)11-7-14-39-13-6-8-22(18-39)19-41-20-23(17-35-41)26-16-27(37-38-31(26)34)25-9-4-5-10-28(25)43/h4-5,9-10,16-17,20,22,24,30,42-43H,6-8,11-15,18-19,21H2,1-3H3,(H2,34,38)(H,36,44)/t22-,24-,30-/m1/s1. The van der Waals surface area contributed by atoms with Gasteiger partial charge in [-0.05, 0) is 68.3 Å². The number of anilines is 1. The number of nitrogen functional groups attached to an aromatic ring is 1. The van der Waals surface area contributed by atoms with E-state index in [4.69, 9.17) is 5.73 Å². The summed E-state index contributed by atoms with van der Waals surface area (Å²) in [5, 5.41) is 36.0. The minimum Gasteiger partial charge on any atom is -0.507 e. The molecule has 2 amide bonds. The molecule has 5 N–H and O–H groups in total. The first-order valence-corrected chi connectivity index (χ1v) is 15.9. The monoisotopic (exact) mass is 618 g/mol. The Morgan fingerprint density at radius 3 is 2.64 bits per heavy atom. The van der Waals surface area contributed by atoms with Crippen LogP contribution in [0.4, 0.5) is 5.82 Å². The zero-order valence-electron chi connectivity index (χ0n) is 26.5. The zero-order valence-corrected chi connectivity index (χ0v) is 26.5. The van der Waals surface area contributed by atoms with E-state index in [1.807, 2.05) is 43.8 Å². The van der Waals surface area contributed by atoms with E-state index < -0.39 is 17.6 Å². The summed E-state index contributed by atoms with van der Waals surface area (Å²) in [6.07, 6.45) is 7.09. The van der Waals surface area contributed by atoms with Gasteiger partial charge in [-0.25, -0.2) is 0 Å². The normalized spacial score (nSPS) is 19.9. The van der Waals surface area contributed by atoms with Crippen molar-refractivity contribution in [2.45, 2.75) is 71.6 Å². The third kappa shape index (κ3) is 8.17. The van der Waals surface area contributed by atoms with Crippen LogP contribution in [0.25, 0.3) is 22.4 Å². The SMILES string of the molecule is CC(C)(C)[C@H](NC(=O)CCCN1CCC[C@@H](Cn2cc(-c3cc(-c4ccccc4O)nnc3N)cn2)C1)C(=O)N1CC[C@@H](O)C1. The molecule has 12 nitrogen and oxygen atoms in total. The lowest BCUT2D eigenvalue weighted by molar-refractivity contribution is -0.138. The number of piperidine rings is 1. The van der Waals surface area contributed by atoms with Crippen molar-refractivity contribution in [1.82, 2.24) is 35.1 Å². The summed E-state index contributed by atoms with van der Waals surface area (Å²) >= 11 is 0. The van der Waals surface area contributed by atoms with Crippen molar-refractivity contribution in [2.75, 3.05) is 38.5 Å². The first-order chi connectivity index (χ1) is 21.5. The summed E-state index contributed by atoms with van der Waals surface area (Å²) in [6.45, 7) is 10.2. The molecule has 45 heavy (non-hydrogen) atoms. The van der Waals surface area contributed by atoms with E-state index in [0.29, 0.717) is 60.9 Å². The molecule has 0 bridgehead atoms. The number of phenols is 1. The van der Waals surface area contributed by atoms with Crippen molar-refractivity contribution in [1.29, 1.82) is 0 Å². The second kappa shape index (κ2) is 13.9. The van der Waals surface area contributed by atoms with Crippen molar-refractivity contribution in [2.24, 2.45) is 11.3 Å². The van der Waals surface area contributed by atoms with Gasteiger partial charge in [0.2, 0.25) is 11.8 Å². The van der Waals surface area contributed by atoms with Gasteiger partial charge in [0.1, 0.15) is 11.8 Å². The van der Waals surface area contributed by atoms with Gasteiger partial charge in [0, 0.05) is 55.5 Å². The lowest BCUT2D eigenvalue weighted by Gasteiger charge is -2.34. The van der Waals surface area contributed by atoms with Crippen LogP contribution in [0.2, 0.25) is 0 Å². The minimum atomic E-state index is -0.621. The lowest BCUT2D eigenvalue weighted by Crippen LogP contribution is -2.54. The number of rotatable bonds is 10. The predicted octanol–water partition coefficient (Wildman–Crippen LogP) is 2.91. The summed E-state index contributed by atoms with van der Waals surface area (Å²) < 4.78 is 1.94. The molecule has 2 aliphatic rings. The number of likely N-dealkylation sites (tertiary alicyclic amines) is 2. The lowest BCUT2D eigenvalue weighted by atomic mass is 9.85. The average molecular weight is 619 g/mol. The van der Waals surface area contributed by atoms with Crippen molar-refractivity contribution >= 4 is 17.6 Å². The van der Waals surface area contributed by atoms with Crippen LogP contribution in [0.15, 0.2) is 42.7 Å². The summed E-state index contributed by atoms with van der Waals surface area (Å²) in [5.74, 6) is 0.616. The van der Waals surface area contributed by atoms with Gasteiger partial charge in [0.25, 0.3) is 0 Å². The number of benzene rings is 1. The van der Waals surface area contributed by atoms with Crippen LogP contribution in [-0.2, 0) is 16.1 Å². The fourth-order valence-corrected chi connectivity index (χ4v) is 6.29. The maximum Gasteiger partial charge on any atom is 0.245 e. The quantitative estimate of drug-likeness (QED) is 0.268. The molecule has 0 aliphatic carbocycles. The van der Waals surface area contributed by atoms with Gasteiger partial charge >= 0.3 is 0 Å². The van der Waals surface area contributed by atoms with Gasteiger partial charge < -0.3 is 31.1 Å². The van der Waals surface area contributed by atoms with Gasteiger partial charge in [0.15, 0.2) is 5.82 Å². The molecule has 2 aromatic heterocycles. The third-order valence-electron chi connectivity index (χ3n) is 8.77. The van der Waals surface area contributed by atoms with E-state index in [0.717, 1.165) is 44.6 Å². The number of aliphatic hydroxyl groups excluding tert-OH is 1. The molecule has 12 heteroatoms. The Hall–Kier alpha value is -4.03. The van der Waals surface area contributed by atoms with E-state index in [1.54, 1.807) is 29.3 Å². The van der Waals surface area contributed by atoms with Crippen molar-refractivity contribution < 1.29 is 19.8 Å². The molecule has 2 fully saturated rings. The number of carbonyl (C=O) groups is 2. The highest BCUT2D eigenvalue weighted by atomic mass is 16.3. The number of aliphatic hydroxyl groups is 1. The molecule has 1 aromatic carbocycles. The number of para-hydroxylation sites is 1. The molecule has 0 radical (unpaired) electrons. The van der Waals surface area contributed by atoms with Gasteiger partial charge in [-0.2, -0.15) is 5.10 Å². The number of aromatic nitrogens is 4. The molecule has 2 saturated heterocycles. The molecule has 3 aromatic rings. The molecular weight excluding hydrogens is 572 g/mol. The van der Waals surface area contributed by atoms with Gasteiger partial charge in [0.05, 0.1) is 18.0 Å². The molecule has 3 atom stereocenters. The van der Waals surface area contributed by atoms with Crippen LogP contribution in [0.1, 0.15) is 52.9 Å². The van der Waals surface area contributed by atoms with Gasteiger partial charge in [-0.3, -0.25) is 14.3 Å². The number of carbonyl (C=O) groups excluding carboxylic acids is 2. The highest BCUT2D eigenvalue weighted by molar-refractivity contribution is 5.88. The first-order valence-electron chi connectivity index (χ1n) is 15.9. The largest absolute Gasteiger partial charge is 0.507 e. The topological polar surface area (TPSA) is 163 Å². The maximum absolute atomic E-state index is 13.1. The Balaban J connectivity index is 1.12. The summed E-state index contributed by atoms with van der Waals surface area (Å²) in [4.78, 5) is 30.1. The van der Waals surface area contributed by atoms with Crippen molar-refractivity contribution in [3.8, 4) is 28.1 Å². The number of hydrogen-bond acceptors (Lipinski definition) is 9. The fraction of sp³-hybridized carbons (Fsp3) is 0.545. The number of nitrogens with one attached hydrogen (secondary N) is 1. The minimum absolute atomic E-state index is 0.115. The van der Waals surface area contributed by atoms with E-state index in [-0.39, 0.29) is 17.6 Å². The van der Waals surface area contributed by atoms with E-state index in [2.05, 4.69) is 25.5 Å². The molecule has 0 saturated carbocycles. The van der Waals surface area contributed by atoms with Crippen LogP contribution in [0.3, 0.4) is 0 Å². The second-order valence-electron chi connectivity index (χ2n) is 13.5. The van der Waals surface area contributed by atoms with Crippen LogP contribution in [0, 0.1) is 11.3 Å². The van der Waals surface area contributed by atoms with E-state index in [1.165, 1.54) is 0 Å². The third-order valence-corrected chi connectivity index (χ3v) is 8.77. The maximum atomic E-state index is 13.1. The smallest absolute Gasteiger partial charge is 0.245 e. The highest BCUT2D eigenvalue weighted by Crippen LogP contribution is 2.32. The summed E-state index contributed by atoms with van der Waals surface area (Å²) in [5.41, 5.74) is 8.42. The second-order valence-corrected chi connectivity index (χ2v) is 13.5. The van der Waals surface area contributed by atoms with Crippen molar-refractivity contribution in [3.05, 3.63) is 42.7 Å². The average Bonchev–Trinajstić information content (AvgIpc) is 3.65. The Morgan fingerprint density at radius 2 is 1.91 bits per heavy atom. The number of amides is 2. The number of phenolic OH excluding ortho intramolecular Hbond substituents is 1. The van der Waals surface area contributed by atoms with Gasteiger partial charge in [-0.1, -0.05) is 32.9 Å². The van der Waals surface area contributed by atoms with Gasteiger partial charge in [-0.15, -0.1) is 10.2 Å². The molecule has 0 unspecified atom stereocenters. The molecule has 5 rings (SSSR count). The van der Waals surface area contributed by atoms with Crippen LogP contribution >= 0.6 is 0 Å². The number of β-amino-alcohol motifs (C(OH)–C–C–N with tert-alkyl or cyclic N) is 1. The summed E-state index contributed by atoms with van der Waals surface area (Å²) in [7, 11) is 0. The number of hydrogen-bond donors (Lipinski definition) is 4. The van der Waals surface area contributed by atoms with Crippen LogP contribution < -0.4 is 11.1 Å². The van der Waals surface area contributed by atoms with E-state index in [9.17, 15) is 19.8 Å². The van der Waals surface area contributed by atoms with Crippen LogP contribution in [-0.4, -0.2) is 96.7 Å².